The van der Waals surface area contributed by atoms with E-state index >= 15 is 0 Å². The smallest absolute Gasteiger partial charge is 0.129 e. The van der Waals surface area contributed by atoms with Gasteiger partial charge in [0.1, 0.15) is 36.6 Å². The molecule has 0 radical (unpaired) electrons. The quantitative estimate of drug-likeness (QED) is 0.942. The van der Waals surface area contributed by atoms with Gasteiger partial charge in [-0.05, 0) is 30.3 Å². The number of fused-ring (bicyclic) bond motifs is 1. The predicted molar refractivity (Wildman–Crippen MR) is 72.6 cm³/mol. The van der Waals surface area contributed by atoms with Crippen molar-refractivity contribution in [3.63, 3.8) is 0 Å². The fraction of sp³-hybridized carbons (Fsp3) is 0.200. The second-order valence-corrected chi connectivity index (χ2v) is 4.96. The van der Waals surface area contributed by atoms with Gasteiger partial charge in [-0.2, -0.15) is 0 Å². The van der Waals surface area contributed by atoms with Gasteiger partial charge < -0.3 is 14.6 Å². The van der Waals surface area contributed by atoms with Crippen LogP contribution in [0.2, 0.25) is 5.02 Å². The van der Waals surface area contributed by atoms with Crippen LogP contribution in [-0.4, -0.2) is 11.7 Å². The number of hydrogen-bond acceptors (Lipinski definition) is 3. The van der Waals surface area contributed by atoms with Crippen molar-refractivity contribution in [1.29, 1.82) is 0 Å². The molecule has 5 heteroatoms. The van der Waals surface area contributed by atoms with Crippen molar-refractivity contribution < 1.29 is 19.0 Å². The van der Waals surface area contributed by atoms with E-state index in [0.717, 1.165) is 5.56 Å². The molecule has 3 nitrogen and oxygen atoms in total. The van der Waals surface area contributed by atoms with Gasteiger partial charge in [-0.15, -0.1) is 0 Å². The standard InChI is InChI=1S/C15H12ClFO3/c16-13-4-1-10(17)5-9(13)7-19-11-2-3-12-14(18)8-20-15(12)6-11/h1-6,14,18H,7-8H2. The van der Waals surface area contributed by atoms with Gasteiger partial charge in [0.15, 0.2) is 0 Å². The Bertz CT molecular complexity index is 645. The molecule has 20 heavy (non-hydrogen) atoms. The summed E-state index contributed by atoms with van der Waals surface area (Å²) in [5.74, 6) is 0.840. The molecular weight excluding hydrogens is 283 g/mol. The summed E-state index contributed by atoms with van der Waals surface area (Å²) < 4.78 is 24.0. The average molecular weight is 295 g/mol. The van der Waals surface area contributed by atoms with Gasteiger partial charge in [0, 0.05) is 22.2 Å². The fourth-order valence-corrected chi connectivity index (χ4v) is 2.25. The van der Waals surface area contributed by atoms with E-state index in [1.165, 1.54) is 18.2 Å². The Labute approximate surface area is 120 Å². The van der Waals surface area contributed by atoms with Crippen LogP contribution in [0.5, 0.6) is 11.5 Å². The lowest BCUT2D eigenvalue weighted by molar-refractivity contribution is 0.140. The molecule has 1 atom stereocenters. The minimum atomic E-state index is -0.586. The topological polar surface area (TPSA) is 38.7 Å². The van der Waals surface area contributed by atoms with E-state index in [-0.39, 0.29) is 19.0 Å². The number of halogens is 2. The molecule has 0 aliphatic carbocycles. The third kappa shape index (κ3) is 2.57. The van der Waals surface area contributed by atoms with Gasteiger partial charge in [-0.25, -0.2) is 4.39 Å². The highest BCUT2D eigenvalue weighted by Gasteiger charge is 2.22. The maximum absolute atomic E-state index is 13.1. The SMILES string of the molecule is OC1COc2cc(OCc3cc(F)ccc3Cl)ccc21. The summed E-state index contributed by atoms with van der Waals surface area (Å²) in [5, 5.41) is 10.1. The van der Waals surface area contributed by atoms with Crippen molar-refractivity contribution in [3.8, 4) is 11.5 Å². The lowest BCUT2D eigenvalue weighted by Crippen LogP contribution is -1.97. The van der Waals surface area contributed by atoms with Crippen LogP contribution < -0.4 is 9.47 Å². The van der Waals surface area contributed by atoms with Gasteiger partial charge in [0.2, 0.25) is 0 Å². The highest BCUT2D eigenvalue weighted by atomic mass is 35.5. The summed E-state index contributed by atoms with van der Waals surface area (Å²) in [5.41, 5.74) is 1.33. The number of ether oxygens (including phenoxy) is 2. The number of hydrogen-bond donors (Lipinski definition) is 1. The molecule has 0 amide bonds. The molecule has 2 aromatic carbocycles. The molecule has 3 rings (SSSR count). The number of aliphatic hydroxyl groups excluding tert-OH is 1. The normalized spacial score (nSPS) is 16.6. The number of benzene rings is 2. The molecule has 1 aliphatic rings. The van der Waals surface area contributed by atoms with E-state index < -0.39 is 6.10 Å². The second kappa shape index (κ2) is 5.31. The molecule has 0 spiro atoms. The zero-order valence-corrected chi connectivity index (χ0v) is 11.2. The number of rotatable bonds is 3. The Kier molecular flexibility index (Phi) is 3.51. The maximum Gasteiger partial charge on any atom is 0.129 e. The zero-order chi connectivity index (χ0) is 14.1. The monoisotopic (exact) mass is 294 g/mol. The summed E-state index contributed by atoms with van der Waals surface area (Å²) in [4.78, 5) is 0. The Morgan fingerprint density at radius 3 is 3.00 bits per heavy atom. The van der Waals surface area contributed by atoms with Crippen LogP contribution >= 0.6 is 11.6 Å². The van der Waals surface area contributed by atoms with Crippen molar-refractivity contribution in [2.24, 2.45) is 0 Å². The van der Waals surface area contributed by atoms with Gasteiger partial charge in [-0.1, -0.05) is 11.6 Å². The van der Waals surface area contributed by atoms with E-state index in [4.69, 9.17) is 21.1 Å². The minimum Gasteiger partial charge on any atom is -0.490 e. The van der Waals surface area contributed by atoms with Crippen LogP contribution in [0.1, 0.15) is 17.2 Å². The Balaban J connectivity index is 1.74. The summed E-state index contributed by atoms with van der Waals surface area (Å²) in [6.07, 6.45) is -0.586. The molecular formula is C15H12ClFO3. The lowest BCUT2D eigenvalue weighted by Gasteiger charge is -2.09. The second-order valence-electron chi connectivity index (χ2n) is 4.55. The van der Waals surface area contributed by atoms with E-state index in [1.807, 2.05) is 0 Å². The van der Waals surface area contributed by atoms with Crippen molar-refractivity contribution >= 4 is 11.6 Å². The Hall–Kier alpha value is -1.78. The first-order chi connectivity index (χ1) is 9.63. The van der Waals surface area contributed by atoms with E-state index in [2.05, 4.69) is 0 Å². The molecule has 1 unspecified atom stereocenters. The minimum absolute atomic E-state index is 0.165. The Morgan fingerprint density at radius 2 is 2.15 bits per heavy atom. The highest BCUT2D eigenvalue weighted by molar-refractivity contribution is 6.31. The van der Waals surface area contributed by atoms with Crippen LogP contribution in [0.4, 0.5) is 4.39 Å². The van der Waals surface area contributed by atoms with E-state index in [0.29, 0.717) is 22.1 Å². The molecule has 2 aromatic rings. The summed E-state index contributed by atoms with van der Waals surface area (Å²) >= 11 is 5.97. The average Bonchev–Trinajstić information content (AvgIpc) is 2.81. The molecule has 1 N–H and O–H groups in total. The van der Waals surface area contributed by atoms with Crippen molar-refractivity contribution in [2.45, 2.75) is 12.7 Å². The molecule has 0 saturated heterocycles. The van der Waals surface area contributed by atoms with Crippen molar-refractivity contribution in [2.75, 3.05) is 6.61 Å². The van der Waals surface area contributed by atoms with Crippen LogP contribution in [0.15, 0.2) is 36.4 Å². The van der Waals surface area contributed by atoms with Crippen molar-refractivity contribution in [1.82, 2.24) is 0 Å². The number of aliphatic hydroxyl groups is 1. The van der Waals surface area contributed by atoms with Gasteiger partial charge in [0.25, 0.3) is 0 Å². The maximum atomic E-state index is 13.1. The summed E-state index contributed by atoms with van der Waals surface area (Å²) in [6, 6.07) is 9.35. The van der Waals surface area contributed by atoms with Gasteiger partial charge >= 0.3 is 0 Å². The van der Waals surface area contributed by atoms with Crippen molar-refractivity contribution in [3.05, 3.63) is 58.4 Å². The van der Waals surface area contributed by atoms with Crippen LogP contribution in [0, 0.1) is 5.82 Å². The van der Waals surface area contributed by atoms with Gasteiger partial charge in [0.05, 0.1) is 0 Å². The predicted octanol–water partition coefficient (Wildman–Crippen LogP) is 3.48. The molecule has 0 fully saturated rings. The first-order valence-corrected chi connectivity index (χ1v) is 6.53. The molecule has 1 aliphatic heterocycles. The fourth-order valence-electron chi connectivity index (χ4n) is 2.08. The molecule has 0 bridgehead atoms. The first-order valence-electron chi connectivity index (χ1n) is 6.15. The van der Waals surface area contributed by atoms with Crippen LogP contribution in [0.25, 0.3) is 0 Å². The van der Waals surface area contributed by atoms with E-state index in [1.54, 1.807) is 18.2 Å². The summed E-state index contributed by atoms with van der Waals surface area (Å²) in [6.45, 7) is 0.423. The molecule has 0 aromatic heterocycles. The molecule has 1 heterocycles. The summed E-state index contributed by atoms with van der Waals surface area (Å²) in [7, 11) is 0. The zero-order valence-electron chi connectivity index (χ0n) is 10.5. The van der Waals surface area contributed by atoms with Crippen LogP contribution in [0.3, 0.4) is 0 Å². The van der Waals surface area contributed by atoms with Crippen LogP contribution in [-0.2, 0) is 6.61 Å². The highest BCUT2D eigenvalue weighted by Crippen LogP contribution is 2.35. The molecule has 104 valence electrons. The van der Waals surface area contributed by atoms with Gasteiger partial charge in [-0.3, -0.25) is 0 Å². The molecule has 0 saturated carbocycles. The largest absolute Gasteiger partial charge is 0.490 e. The Morgan fingerprint density at radius 1 is 1.30 bits per heavy atom. The first kappa shape index (κ1) is 13.2. The lowest BCUT2D eigenvalue weighted by atomic mass is 10.1. The van der Waals surface area contributed by atoms with E-state index in [9.17, 15) is 9.50 Å². The third-order valence-corrected chi connectivity index (χ3v) is 3.51. The third-order valence-electron chi connectivity index (χ3n) is 3.14.